The second kappa shape index (κ2) is 7.93. The van der Waals surface area contributed by atoms with E-state index in [0.29, 0.717) is 18.0 Å². The molecule has 0 fully saturated rings. The van der Waals surface area contributed by atoms with E-state index in [1.165, 1.54) is 12.1 Å². The van der Waals surface area contributed by atoms with Crippen LogP contribution < -0.4 is 9.46 Å². The van der Waals surface area contributed by atoms with Crippen molar-refractivity contribution in [3.63, 3.8) is 0 Å². The van der Waals surface area contributed by atoms with E-state index in [4.69, 9.17) is 4.74 Å². The number of hydrogen-bond donors (Lipinski definition) is 1. The topological polar surface area (TPSA) is 55.4 Å². The summed E-state index contributed by atoms with van der Waals surface area (Å²) < 4.78 is 34.3. The summed E-state index contributed by atoms with van der Waals surface area (Å²) in [4.78, 5) is 0.190. The van der Waals surface area contributed by atoms with Crippen molar-refractivity contribution in [2.75, 3.05) is 4.72 Å². The Kier molecular flexibility index (Phi) is 5.64. The molecule has 6 heteroatoms. The normalized spacial score (nSPS) is 11.2. The van der Waals surface area contributed by atoms with Gasteiger partial charge in [0.25, 0.3) is 10.0 Å². The van der Waals surface area contributed by atoms with Gasteiger partial charge in [0.2, 0.25) is 0 Å². The van der Waals surface area contributed by atoms with Crippen LogP contribution >= 0.6 is 15.9 Å². The highest BCUT2D eigenvalue weighted by molar-refractivity contribution is 9.10. The third-order valence-electron chi connectivity index (χ3n) is 3.72. The fraction of sp³-hybridized carbons (Fsp3) is 0.100. The zero-order valence-corrected chi connectivity index (χ0v) is 16.5. The molecule has 0 radical (unpaired) electrons. The van der Waals surface area contributed by atoms with E-state index >= 15 is 0 Å². The summed E-state index contributed by atoms with van der Waals surface area (Å²) in [5, 5.41) is 0. The number of benzene rings is 3. The molecule has 1 N–H and O–H groups in total. The van der Waals surface area contributed by atoms with Gasteiger partial charge in [0.05, 0.1) is 4.90 Å². The lowest BCUT2D eigenvalue weighted by Crippen LogP contribution is -2.12. The van der Waals surface area contributed by atoms with Crippen LogP contribution in [0, 0.1) is 6.92 Å². The SMILES string of the molecule is Cc1cccc(NS(=O)(=O)c2ccc(OCc3ccc(Br)cc3)cc2)c1. The van der Waals surface area contributed by atoms with Gasteiger partial charge in [-0.1, -0.05) is 40.2 Å². The van der Waals surface area contributed by atoms with Crippen molar-refractivity contribution in [3.05, 3.63) is 88.4 Å². The van der Waals surface area contributed by atoms with Gasteiger partial charge in [-0.15, -0.1) is 0 Å². The maximum atomic E-state index is 12.5. The highest BCUT2D eigenvalue weighted by Gasteiger charge is 2.14. The summed E-state index contributed by atoms with van der Waals surface area (Å²) in [5.41, 5.74) is 2.56. The molecule has 0 spiro atoms. The molecule has 0 atom stereocenters. The predicted octanol–water partition coefficient (Wildman–Crippen LogP) is 5.14. The molecule has 4 nitrogen and oxygen atoms in total. The van der Waals surface area contributed by atoms with Gasteiger partial charge in [-0.05, 0) is 66.6 Å². The molecule has 0 saturated carbocycles. The first kappa shape index (κ1) is 18.5. The number of ether oxygens (including phenoxy) is 1. The number of halogens is 1. The van der Waals surface area contributed by atoms with Crippen LogP contribution in [0.5, 0.6) is 5.75 Å². The van der Waals surface area contributed by atoms with Gasteiger partial charge >= 0.3 is 0 Å². The monoisotopic (exact) mass is 431 g/mol. The molecule has 0 aromatic heterocycles. The average molecular weight is 432 g/mol. The first-order valence-electron chi connectivity index (χ1n) is 7.99. The van der Waals surface area contributed by atoms with Crippen LogP contribution in [-0.2, 0) is 16.6 Å². The molecule has 0 saturated heterocycles. The molecule has 0 heterocycles. The molecule has 3 rings (SSSR count). The van der Waals surface area contributed by atoms with Crippen LogP contribution in [0.3, 0.4) is 0 Å². The first-order chi connectivity index (χ1) is 12.4. The second-order valence-electron chi connectivity index (χ2n) is 5.86. The quantitative estimate of drug-likeness (QED) is 0.587. The minimum Gasteiger partial charge on any atom is -0.489 e. The van der Waals surface area contributed by atoms with Crippen molar-refractivity contribution >= 4 is 31.6 Å². The minimum atomic E-state index is -3.63. The van der Waals surface area contributed by atoms with Crippen LogP contribution in [0.4, 0.5) is 5.69 Å². The maximum absolute atomic E-state index is 12.5. The molecule has 26 heavy (non-hydrogen) atoms. The van der Waals surface area contributed by atoms with Crippen molar-refractivity contribution in [2.45, 2.75) is 18.4 Å². The number of anilines is 1. The third-order valence-corrected chi connectivity index (χ3v) is 5.65. The highest BCUT2D eigenvalue weighted by Crippen LogP contribution is 2.21. The zero-order chi connectivity index (χ0) is 18.6. The molecular formula is C20H18BrNO3S. The standard InChI is InChI=1S/C20H18BrNO3S/c1-15-3-2-4-18(13-15)22-26(23,24)20-11-9-19(10-12-20)25-14-16-5-7-17(21)8-6-16/h2-13,22H,14H2,1H3. The Hall–Kier alpha value is -2.31. The van der Waals surface area contributed by atoms with Crippen molar-refractivity contribution in [2.24, 2.45) is 0 Å². The summed E-state index contributed by atoms with van der Waals surface area (Å²) in [6.45, 7) is 2.33. The molecule has 3 aromatic rings. The Morgan fingerprint density at radius 2 is 1.65 bits per heavy atom. The van der Waals surface area contributed by atoms with Gasteiger partial charge in [-0.25, -0.2) is 8.42 Å². The Bertz CT molecular complexity index is 984. The van der Waals surface area contributed by atoms with Crippen LogP contribution in [0.2, 0.25) is 0 Å². The van der Waals surface area contributed by atoms with Crippen molar-refractivity contribution in [1.29, 1.82) is 0 Å². The Labute approximate surface area is 162 Å². The van der Waals surface area contributed by atoms with E-state index in [-0.39, 0.29) is 4.90 Å². The molecule has 0 bridgehead atoms. The van der Waals surface area contributed by atoms with E-state index < -0.39 is 10.0 Å². The van der Waals surface area contributed by atoms with Gasteiger partial charge < -0.3 is 4.74 Å². The van der Waals surface area contributed by atoms with E-state index in [2.05, 4.69) is 20.7 Å². The van der Waals surface area contributed by atoms with Gasteiger partial charge in [0, 0.05) is 10.2 Å². The summed E-state index contributed by atoms with van der Waals surface area (Å²) in [6.07, 6.45) is 0. The fourth-order valence-corrected chi connectivity index (χ4v) is 3.70. The van der Waals surface area contributed by atoms with Crippen molar-refractivity contribution in [3.8, 4) is 5.75 Å². The summed E-state index contributed by atoms with van der Waals surface area (Å²) in [7, 11) is -3.63. The van der Waals surface area contributed by atoms with Crippen LogP contribution in [0.15, 0.2) is 82.2 Å². The largest absolute Gasteiger partial charge is 0.489 e. The summed E-state index contributed by atoms with van der Waals surface area (Å²) >= 11 is 3.39. The van der Waals surface area contributed by atoms with Gasteiger partial charge in [-0.3, -0.25) is 4.72 Å². The van der Waals surface area contributed by atoms with E-state index in [1.807, 2.05) is 43.3 Å². The fourth-order valence-electron chi connectivity index (χ4n) is 2.38. The van der Waals surface area contributed by atoms with Crippen LogP contribution in [0.1, 0.15) is 11.1 Å². The minimum absolute atomic E-state index is 0.190. The molecule has 0 aliphatic carbocycles. The number of sulfonamides is 1. The van der Waals surface area contributed by atoms with Gasteiger partial charge in [-0.2, -0.15) is 0 Å². The lowest BCUT2D eigenvalue weighted by Gasteiger charge is -2.10. The number of hydrogen-bond acceptors (Lipinski definition) is 3. The van der Waals surface area contributed by atoms with Crippen molar-refractivity contribution in [1.82, 2.24) is 0 Å². The van der Waals surface area contributed by atoms with E-state index in [1.54, 1.807) is 24.3 Å². The average Bonchev–Trinajstić information content (AvgIpc) is 2.61. The summed E-state index contributed by atoms with van der Waals surface area (Å²) in [6, 6.07) is 21.5. The molecule has 0 unspecified atom stereocenters. The highest BCUT2D eigenvalue weighted by atomic mass is 79.9. The maximum Gasteiger partial charge on any atom is 0.261 e. The second-order valence-corrected chi connectivity index (χ2v) is 8.46. The van der Waals surface area contributed by atoms with Crippen LogP contribution in [-0.4, -0.2) is 8.42 Å². The Morgan fingerprint density at radius 1 is 0.962 bits per heavy atom. The number of nitrogens with one attached hydrogen (secondary N) is 1. The zero-order valence-electron chi connectivity index (χ0n) is 14.1. The summed E-state index contributed by atoms with van der Waals surface area (Å²) in [5.74, 6) is 0.613. The predicted molar refractivity (Wildman–Crippen MR) is 107 cm³/mol. The van der Waals surface area contributed by atoms with Crippen LogP contribution in [0.25, 0.3) is 0 Å². The third kappa shape index (κ3) is 4.86. The molecule has 3 aromatic carbocycles. The molecule has 134 valence electrons. The lowest BCUT2D eigenvalue weighted by molar-refractivity contribution is 0.306. The van der Waals surface area contributed by atoms with E-state index in [0.717, 1.165) is 15.6 Å². The van der Waals surface area contributed by atoms with Gasteiger partial charge in [0.15, 0.2) is 0 Å². The first-order valence-corrected chi connectivity index (χ1v) is 10.3. The van der Waals surface area contributed by atoms with E-state index in [9.17, 15) is 8.42 Å². The number of rotatable bonds is 6. The molecule has 0 amide bonds. The lowest BCUT2D eigenvalue weighted by atomic mass is 10.2. The molecule has 0 aliphatic heterocycles. The smallest absolute Gasteiger partial charge is 0.261 e. The molecule has 0 aliphatic rings. The Morgan fingerprint density at radius 3 is 2.31 bits per heavy atom. The van der Waals surface area contributed by atoms with Gasteiger partial charge in [0.1, 0.15) is 12.4 Å². The Balaban J connectivity index is 1.67. The molecular weight excluding hydrogens is 414 g/mol. The number of aryl methyl sites for hydroxylation is 1. The van der Waals surface area contributed by atoms with Crippen molar-refractivity contribution < 1.29 is 13.2 Å².